The molecular weight excluding hydrogens is 216 g/mol. The summed E-state index contributed by atoms with van der Waals surface area (Å²) in [7, 11) is 0. The maximum Gasteiger partial charge on any atom is 0.172 e. The summed E-state index contributed by atoms with van der Waals surface area (Å²) in [6, 6.07) is 7.84. The first-order valence-electron chi connectivity index (χ1n) is 5.91. The highest BCUT2D eigenvalue weighted by atomic mass is 32.2. The molecular formula is C14H20OS. The third kappa shape index (κ3) is 4.84. The van der Waals surface area contributed by atoms with Crippen molar-refractivity contribution in [2.75, 3.05) is 11.5 Å². The molecule has 0 atom stereocenters. The largest absolute Gasteiger partial charge is 0.293 e. The molecule has 0 aliphatic heterocycles. The van der Waals surface area contributed by atoms with E-state index < -0.39 is 0 Å². The predicted molar refractivity (Wildman–Crippen MR) is 72.4 cm³/mol. The minimum absolute atomic E-state index is 0.255. The molecule has 2 heteroatoms. The molecule has 0 bridgehead atoms. The van der Waals surface area contributed by atoms with Crippen molar-refractivity contribution >= 4 is 17.5 Å². The second-order valence-corrected chi connectivity index (χ2v) is 5.16. The molecule has 0 unspecified atom stereocenters. The fourth-order valence-electron chi connectivity index (χ4n) is 1.52. The Hall–Kier alpha value is -0.760. The van der Waals surface area contributed by atoms with Gasteiger partial charge in [0, 0.05) is 5.56 Å². The zero-order chi connectivity index (χ0) is 11.8. The van der Waals surface area contributed by atoms with Crippen molar-refractivity contribution in [3.05, 3.63) is 35.4 Å². The smallest absolute Gasteiger partial charge is 0.172 e. The van der Waals surface area contributed by atoms with E-state index in [0.717, 1.165) is 16.9 Å². The van der Waals surface area contributed by atoms with Gasteiger partial charge >= 0.3 is 0 Å². The Morgan fingerprint density at radius 1 is 1.31 bits per heavy atom. The number of hydrogen-bond donors (Lipinski definition) is 0. The average Bonchev–Trinajstić information content (AvgIpc) is 2.28. The lowest BCUT2D eigenvalue weighted by atomic mass is 10.1. The van der Waals surface area contributed by atoms with Gasteiger partial charge in [0.2, 0.25) is 0 Å². The molecule has 0 aliphatic carbocycles. The van der Waals surface area contributed by atoms with Gasteiger partial charge in [-0.2, -0.15) is 11.8 Å². The van der Waals surface area contributed by atoms with E-state index in [1.54, 1.807) is 11.8 Å². The van der Waals surface area contributed by atoms with Crippen LogP contribution in [0.1, 0.15) is 42.1 Å². The SMILES string of the molecule is CCCCCSCC(=O)c1cccc(C)c1. The molecule has 0 saturated carbocycles. The molecule has 0 aliphatic rings. The zero-order valence-corrected chi connectivity index (χ0v) is 11.0. The van der Waals surface area contributed by atoms with Crippen LogP contribution in [0.15, 0.2) is 24.3 Å². The summed E-state index contributed by atoms with van der Waals surface area (Å²) in [5.74, 6) is 1.98. The summed E-state index contributed by atoms with van der Waals surface area (Å²) >= 11 is 1.75. The average molecular weight is 236 g/mol. The number of carbonyl (C=O) groups is 1. The van der Waals surface area contributed by atoms with Gasteiger partial charge in [0.25, 0.3) is 0 Å². The van der Waals surface area contributed by atoms with Crippen LogP contribution >= 0.6 is 11.8 Å². The molecule has 0 radical (unpaired) electrons. The lowest BCUT2D eigenvalue weighted by molar-refractivity contribution is 0.102. The second-order valence-electron chi connectivity index (χ2n) is 4.05. The van der Waals surface area contributed by atoms with Gasteiger partial charge in [-0.1, -0.05) is 43.5 Å². The van der Waals surface area contributed by atoms with E-state index in [0.29, 0.717) is 5.75 Å². The Balaban J connectivity index is 2.30. The maximum atomic E-state index is 11.8. The third-order valence-corrected chi connectivity index (χ3v) is 3.51. The molecule has 0 fully saturated rings. The standard InChI is InChI=1S/C14H20OS/c1-3-4-5-9-16-11-14(15)13-8-6-7-12(2)10-13/h6-8,10H,3-5,9,11H2,1-2H3. The fraction of sp³-hybridized carbons (Fsp3) is 0.500. The van der Waals surface area contributed by atoms with E-state index in [-0.39, 0.29) is 5.78 Å². The van der Waals surface area contributed by atoms with Crippen molar-refractivity contribution in [1.29, 1.82) is 0 Å². The molecule has 1 aromatic carbocycles. The molecule has 0 N–H and O–H groups in total. The number of ketones is 1. The van der Waals surface area contributed by atoms with Crippen LogP contribution in [-0.2, 0) is 0 Å². The van der Waals surface area contributed by atoms with Crippen LogP contribution in [0.25, 0.3) is 0 Å². The van der Waals surface area contributed by atoms with Crippen molar-refractivity contribution in [3.63, 3.8) is 0 Å². The molecule has 1 rings (SSSR count). The van der Waals surface area contributed by atoms with Gasteiger partial charge < -0.3 is 0 Å². The topological polar surface area (TPSA) is 17.1 Å². The zero-order valence-electron chi connectivity index (χ0n) is 10.2. The summed E-state index contributed by atoms with van der Waals surface area (Å²) in [5.41, 5.74) is 2.00. The van der Waals surface area contributed by atoms with Crippen molar-refractivity contribution in [1.82, 2.24) is 0 Å². The number of benzene rings is 1. The van der Waals surface area contributed by atoms with Crippen molar-refractivity contribution in [3.8, 4) is 0 Å². The van der Waals surface area contributed by atoms with Crippen molar-refractivity contribution in [2.45, 2.75) is 33.1 Å². The van der Waals surface area contributed by atoms with Crippen LogP contribution in [0.5, 0.6) is 0 Å². The van der Waals surface area contributed by atoms with Gasteiger partial charge in [0.15, 0.2) is 5.78 Å². The Morgan fingerprint density at radius 2 is 2.12 bits per heavy atom. The van der Waals surface area contributed by atoms with Crippen LogP contribution in [-0.4, -0.2) is 17.3 Å². The monoisotopic (exact) mass is 236 g/mol. The lowest BCUT2D eigenvalue weighted by Gasteiger charge is -2.02. The summed E-state index contributed by atoms with van der Waals surface area (Å²) in [4.78, 5) is 11.8. The van der Waals surface area contributed by atoms with Gasteiger partial charge in [-0.3, -0.25) is 4.79 Å². The van der Waals surface area contributed by atoms with E-state index in [1.807, 2.05) is 31.2 Å². The Morgan fingerprint density at radius 3 is 2.81 bits per heavy atom. The molecule has 0 heterocycles. The van der Waals surface area contributed by atoms with Gasteiger partial charge in [0.1, 0.15) is 0 Å². The van der Waals surface area contributed by atoms with E-state index in [1.165, 1.54) is 19.3 Å². The van der Waals surface area contributed by atoms with Crippen LogP contribution in [0, 0.1) is 6.92 Å². The number of thioether (sulfide) groups is 1. The first-order valence-corrected chi connectivity index (χ1v) is 7.07. The lowest BCUT2D eigenvalue weighted by Crippen LogP contribution is -2.03. The van der Waals surface area contributed by atoms with Crippen molar-refractivity contribution < 1.29 is 4.79 Å². The number of unbranched alkanes of at least 4 members (excludes halogenated alkanes) is 2. The third-order valence-electron chi connectivity index (χ3n) is 2.47. The molecule has 1 nitrogen and oxygen atoms in total. The number of rotatable bonds is 7. The number of hydrogen-bond acceptors (Lipinski definition) is 2. The van der Waals surface area contributed by atoms with Crippen LogP contribution in [0.4, 0.5) is 0 Å². The van der Waals surface area contributed by atoms with Crippen LogP contribution in [0.2, 0.25) is 0 Å². The van der Waals surface area contributed by atoms with Gasteiger partial charge in [-0.05, 0) is 25.2 Å². The Bertz CT molecular complexity index is 333. The number of aryl methyl sites for hydroxylation is 1. The first kappa shape index (κ1) is 13.3. The van der Waals surface area contributed by atoms with Gasteiger partial charge in [-0.15, -0.1) is 0 Å². The second kappa shape index (κ2) is 7.50. The quantitative estimate of drug-likeness (QED) is 0.523. The van der Waals surface area contributed by atoms with E-state index >= 15 is 0 Å². The van der Waals surface area contributed by atoms with E-state index in [4.69, 9.17) is 0 Å². The van der Waals surface area contributed by atoms with E-state index in [2.05, 4.69) is 6.92 Å². The highest BCUT2D eigenvalue weighted by molar-refractivity contribution is 7.99. The van der Waals surface area contributed by atoms with Crippen molar-refractivity contribution in [2.24, 2.45) is 0 Å². The summed E-state index contributed by atoms with van der Waals surface area (Å²) in [6.45, 7) is 4.22. The summed E-state index contributed by atoms with van der Waals surface area (Å²) in [5, 5.41) is 0. The highest BCUT2D eigenvalue weighted by Crippen LogP contribution is 2.11. The summed E-state index contributed by atoms with van der Waals surface area (Å²) < 4.78 is 0. The van der Waals surface area contributed by atoms with Gasteiger partial charge in [-0.25, -0.2) is 0 Å². The van der Waals surface area contributed by atoms with Crippen LogP contribution in [0.3, 0.4) is 0 Å². The molecule has 1 aromatic rings. The molecule has 0 amide bonds. The summed E-state index contributed by atoms with van der Waals surface area (Å²) in [6.07, 6.45) is 3.74. The molecule has 88 valence electrons. The van der Waals surface area contributed by atoms with Crippen LogP contribution < -0.4 is 0 Å². The number of carbonyl (C=O) groups excluding carboxylic acids is 1. The highest BCUT2D eigenvalue weighted by Gasteiger charge is 2.05. The molecule has 0 spiro atoms. The minimum Gasteiger partial charge on any atom is -0.293 e. The first-order chi connectivity index (χ1) is 7.74. The Kier molecular flexibility index (Phi) is 6.24. The number of Topliss-reactive ketones (excluding diaryl/α,β-unsaturated/α-hetero) is 1. The normalized spacial score (nSPS) is 10.4. The predicted octanol–water partition coefficient (Wildman–Crippen LogP) is 4.10. The molecule has 0 saturated heterocycles. The Labute approximate surface area is 103 Å². The molecule has 16 heavy (non-hydrogen) atoms. The maximum absolute atomic E-state index is 11.8. The minimum atomic E-state index is 0.255. The fourth-order valence-corrected chi connectivity index (χ4v) is 2.43. The van der Waals surface area contributed by atoms with Gasteiger partial charge in [0.05, 0.1) is 5.75 Å². The molecule has 0 aromatic heterocycles. The van der Waals surface area contributed by atoms with E-state index in [9.17, 15) is 4.79 Å².